The predicted octanol–water partition coefficient (Wildman–Crippen LogP) is 2.46. The Morgan fingerprint density at radius 3 is 2.21 bits per heavy atom. The Balaban J connectivity index is 0. The Kier molecular flexibility index (Phi) is 12.8. The third kappa shape index (κ3) is 15.4. The summed E-state index contributed by atoms with van der Waals surface area (Å²) in [5, 5.41) is 2.75. The molecule has 0 bridgehead atoms. The fourth-order valence-electron chi connectivity index (χ4n) is 0.444. The second-order valence-electron chi connectivity index (χ2n) is 3.08. The van der Waals surface area contributed by atoms with Gasteiger partial charge in [0.05, 0.1) is 6.61 Å². The van der Waals surface area contributed by atoms with Gasteiger partial charge in [-0.15, -0.1) is 0 Å². The van der Waals surface area contributed by atoms with Gasteiger partial charge in [-0.2, -0.15) is 0 Å². The zero-order chi connectivity index (χ0) is 11.6. The Labute approximate surface area is 96.9 Å². The summed E-state index contributed by atoms with van der Waals surface area (Å²) in [4.78, 5) is 9.43. The van der Waals surface area contributed by atoms with Gasteiger partial charge in [-0.3, -0.25) is 0 Å². The summed E-state index contributed by atoms with van der Waals surface area (Å²) in [7, 11) is 3.75. The standard InChI is InChI=1S/C6H15O2PS2.C2H7N/c1-4-8-9(7,10)11-5-6(2)3;1-3-2/h6H,4-5H2,1-3H3,(H,7,10);3H,1-2H3. The average Bonchev–Trinajstić information content (AvgIpc) is 2.02. The smallest absolute Gasteiger partial charge is 0.244 e. The zero-order valence-electron chi connectivity index (χ0n) is 9.61. The first-order valence-electron chi connectivity index (χ1n) is 4.60. The Hall–Kier alpha value is 0.880. The SMILES string of the molecule is CCOP(O)(=S)SCC(C)C.CNC. The van der Waals surface area contributed by atoms with Gasteiger partial charge in [0.1, 0.15) is 0 Å². The molecule has 0 saturated heterocycles. The van der Waals surface area contributed by atoms with Crippen LogP contribution in [0.1, 0.15) is 20.8 Å². The van der Waals surface area contributed by atoms with Gasteiger partial charge < -0.3 is 14.7 Å². The van der Waals surface area contributed by atoms with Crippen LogP contribution in [0.25, 0.3) is 0 Å². The van der Waals surface area contributed by atoms with E-state index in [4.69, 9.17) is 16.3 Å². The molecule has 1 unspecified atom stereocenters. The Bertz CT molecular complexity index is 167. The van der Waals surface area contributed by atoms with E-state index >= 15 is 0 Å². The summed E-state index contributed by atoms with van der Waals surface area (Å²) < 4.78 is 5.02. The van der Waals surface area contributed by atoms with Crippen LogP contribution < -0.4 is 5.32 Å². The molecule has 14 heavy (non-hydrogen) atoms. The first-order valence-corrected chi connectivity index (χ1v) is 8.86. The largest absolute Gasteiger partial charge is 0.337 e. The lowest BCUT2D eigenvalue weighted by molar-refractivity contribution is 0.340. The minimum Gasteiger partial charge on any atom is -0.337 e. The van der Waals surface area contributed by atoms with E-state index in [1.54, 1.807) is 0 Å². The molecule has 0 amide bonds. The maximum atomic E-state index is 9.43. The van der Waals surface area contributed by atoms with Gasteiger partial charge in [0.25, 0.3) is 0 Å². The van der Waals surface area contributed by atoms with E-state index in [-0.39, 0.29) is 0 Å². The van der Waals surface area contributed by atoms with Crippen molar-refractivity contribution in [2.75, 3.05) is 26.5 Å². The van der Waals surface area contributed by atoms with Crippen molar-refractivity contribution < 1.29 is 9.42 Å². The van der Waals surface area contributed by atoms with E-state index in [0.29, 0.717) is 12.5 Å². The van der Waals surface area contributed by atoms with E-state index in [1.165, 1.54) is 11.4 Å². The molecule has 0 aliphatic rings. The molecule has 0 aliphatic carbocycles. The normalized spacial score (nSPS) is 14.5. The first kappa shape index (κ1) is 17.3. The second-order valence-corrected chi connectivity index (χ2v) is 9.30. The van der Waals surface area contributed by atoms with E-state index < -0.39 is 5.69 Å². The summed E-state index contributed by atoms with van der Waals surface area (Å²) in [6.45, 7) is 6.52. The van der Waals surface area contributed by atoms with Crippen LogP contribution >= 0.6 is 17.1 Å². The zero-order valence-corrected chi connectivity index (χ0v) is 12.1. The van der Waals surface area contributed by atoms with Crippen molar-refractivity contribution in [3.8, 4) is 0 Å². The molecular formula is C8H22NO2PS2. The van der Waals surface area contributed by atoms with Crippen molar-refractivity contribution >= 4 is 28.9 Å². The molecular weight excluding hydrogens is 237 g/mol. The highest BCUT2D eigenvalue weighted by molar-refractivity contribution is 8.67. The van der Waals surface area contributed by atoms with Crippen LogP contribution in [0, 0.1) is 5.92 Å². The lowest BCUT2D eigenvalue weighted by Crippen LogP contribution is -1.92. The third-order valence-electron chi connectivity index (χ3n) is 0.863. The highest BCUT2D eigenvalue weighted by Crippen LogP contribution is 2.56. The molecule has 0 rings (SSSR count). The van der Waals surface area contributed by atoms with Gasteiger partial charge in [0, 0.05) is 5.75 Å². The van der Waals surface area contributed by atoms with Gasteiger partial charge in [0.15, 0.2) is 0 Å². The molecule has 0 radical (unpaired) electrons. The molecule has 88 valence electrons. The number of nitrogens with one attached hydrogen (secondary N) is 1. The van der Waals surface area contributed by atoms with Crippen LogP contribution in [0.15, 0.2) is 0 Å². The highest BCUT2D eigenvalue weighted by atomic mass is 32.9. The fraction of sp³-hybridized carbons (Fsp3) is 1.00. The molecule has 0 aromatic carbocycles. The van der Waals surface area contributed by atoms with Crippen LogP contribution in [0.4, 0.5) is 0 Å². The van der Waals surface area contributed by atoms with Crippen LogP contribution in [0.3, 0.4) is 0 Å². The molecule has 0 saturated carbocycles. The summed E-state index contributed by atoms with van der Waals surface area (Å²) in [6.07, 6.45) is 0. The molecule has 3 nitrogen and oxygen atoms in total. The number of hydrogen-bond acceptors (Lipinski definition) is 4. The van der Waals surface area contributed by atoms with Crippen LogP contribution in [0.5, 0.6) is 0 Å². The third-order valence-corrected chi connectivity index (χ3v) is 5.60. The van der Waals surface area contributed by atoms with E-state index in [2.05, 4.69) is 19.2 Å². The number of hydrogen-bond donors (Lipinski definition) is 2. The van der Waals surface area contributed by atoms with Crippen molar-refractivity contribution in [1.29, 1.82) is 0 Å². The molecule has 2 N–H and O–H groups in total. The predicted molar refractivity (Wildman–Crippen MR) is 70.4 cm³/mol. The molecule has 0 aromatic rings. The average molecular weight is 259 g/mol. The summed E-state index contributed by atoms with van der Waals surface area (Å²) >= 11 is 6.24. The van der Waals surface area contributed by atoms with Crippen molar-refractivity contribution in [2.24, 2.45) is 5.92 Å². The van der Waals surface area contributed by atoms with Gasteiger partial charge >= 0.3 is 0 Å². The molecule has 1 atom stereocenters. The van der Waals surface area contributed by atoms with Crippen molar-refractivity contribution in [3.63, 3.8) is 0 Å². The number of rotatable bonds is 5. The van der Waals surface area contributed by atoms with Crippen LogP contribution in [0.2, 0.25) is 0 Å². The lowest BCUT2D eigenvalue weighted by Gasteiger charge is -2.14. The molecule has 0 fully saturated rings. The van der Waals surface area contributed by atoms with E-state index in [9.17, 15) is 4.89 Å². The summed E-state index contributed by atoms with van der Waals surface area (Å²) in [5.74, 6) is 1.42. The molecule has 0 aromatic heterocycles. The van der Waals surface area contributed by atoms with Crippen molar-refractivity contribution in [3.05, 3.63) is 0 Å². The Morgan fingerprint density at radius 2 is 1.93 bits per heavy atom. The molecule has 0 spiro atoms. The first-order chi connectivity index (χ1) is 6.39. The second kappa shape index (κ2) is 10.4. The van der Waals surface area contributed by atoms with Gasteiger partial charge in [-0.05, 0) is 38.7 Å². The molecule has 6 heteroatoms. The minimum absolute atomic E-state index is 0.499. The van der Waals surface area contributed by atoms with Crippen LogP contribution in [-0.4, -0.2) is 31.3 Å². The topological polar surface area (TPSA) is 41.5 Å². The van der Waals surface area contributed by atoms with Gasteiger partial charge in [-0.25, -0.2) is 0 Å². The lowest BCUT2D eigenvalue weighted by atomic mass is 10.3. The minimum atomic E-state index is -2.50. The van der Waals surface area contributed by atoms with Crippen molar-refractivity contribution in [1.82, 2.24) is 5.32 Å². The van der Waals surface area contributed by atoms with E-state index in [0.717, 1.165) is 5.75 Å². The monoisotopic (exact) mass is 259 g/mol. The summed E-state index contributed by atoms with van der Waals surface area (Å²) in [5.41, 5.74) is -2.50. The molecule has 0 aliphatic heterocycles. The van der Waals surface area contributed by atoms with E-state index in [1.807, 2.05) is 21.0 Å². The summed E-state index contributed by atoms with van der Waals surface area (Å²) in [6, 6.07) is 0. The maximum Gasteiger partial charge on any atom is 0.244 e. The van der Waals surface area contributed by atoms with Crippen LogP contribution in [-0.2, 0) is 16.3 Å². The Morgan fingerprint density at radius 1 is 1.50 bits per heavy atom. The van der Waals surface area contributed by atoms with Gasteiger partial charge in [0.2, 0.25) is 5.69 Å². The van der Waals surface area contributed by atoms with Gasteiger partial charge in [-0.1, -0.05) is 25.2 Å². The molecule has 0 heterocycles. The van der Waals surface area contributed by atoms with Crippen molar-refractivity contribution in [2.45, 2.75) is 20.8 Å². The fourth-order valence-corrected chi connectivity index (χ4v) is 4.19. The highest BCUT2D eigenvalue weighted by Gasteiger charge is 2.13. The quantitative estimate of drug-likeness (QED) is 0.742. The maximum absolute atomic E-state index is 9.43.